The van der Waals surface area contributed by atoms with Gasteiger partial charge in [-0.1, -0.05) is 31.5 Å². The maximum absolute atomic E-state index is 9.82. The first-order valence-electron chi connectivity index (χ1n) is 8.99. The van der Waals surface area contributed by atoms with E-state index in [1.807, 2.05) is 18.2 Å². The summed E-state index contributed by atoms with van der Waals surface area (Å²) in [7, 11) is 0. The van der Waals surface area contributed by atoms with Crippen LogP contribution in [0.2, 0.25) is 0 Å². The highest BCUT2D eigenvalue weighted by Crippen LogP contribution is 2.42. The quantitative estimate of drug-likeness (QED) is 0.504. The molecule has 0 unspecified atom stereocenters. The van der Waals surface area contributed by atoms with Crippen LogP contribution in [0.4, 0.5) is 0 Å². The average Bonchev–Trinajstić information content (AvgIpc) is 3.26. The van der Waals surface area contributed by atoms with Crippen molar-refractivity contribution in [3.63, 3.8) is 0 Å². The molecule has 0 atom stereocenters. The third-order valence-electron chi connectivity index (χ3n) is 5.20. The lowest BCUT2D eigenvalue weighted by molar-refractivity contribution is 0.174. The summed E-state index contributed by atoms with van der Waals surface area (Å²) in [6, 6.07) is 16.8. The van der Waals surface area contributed by atoms with Crippen molar-refractivity contribution in [3.05, 3.63) is 48.0 Å². The summed E-state index contributed by atoms with van der Waals surface area (Å²) in [4.78, 5) is 0. The maximum Gasteiger partial charge on any atom is 0.231 e. The van der Waals surface area contributed by atoms with Gasteiger partial charge >= 0.3 is 0 Å². The number of nitriles is 1. The summed E-state index contributed by atoms with van der Waals surface area (Å²) in [5, 5.41) is 14.1. The van der Waals surface area contributed by atoms with Crippen LogP contribution < -0.4 is 9.47 Å². The lowest BCUT2D eigenvalue weighted by Gasteiger charge is -2.10. The number of aromatic nitrogens is 1. The Balaban J connectivity index is 2.00. The van der Waals surface area contributed by atoms with Crippen molar-refractivity contribution < 1.29 is 9.47 Å². The molecule has 0 saturated heterocycles. The predicted octanol–water partition coefficient (Wildman–Crippen LogP) is 5.35. The molecule has 26 heavy (non-hydrogen) atoms. The van der Waals surface area contributed by atoms with Crippen LogP contribution in [0.15, 0.2) is 42.5 Å². The van der Waals surface area contributed by atoms with E-state index in [1.165, 1.54) is 5.52 Å². The fourth-order valence-electron chi connectivity index (χ4n) is 4.00. The Kier molecular flexibility index (Phi) is 3.29. The number of hydrogen-bond donors (Lipinski definition) is 0. The van der Waals surface area contributed by atoms with Gasteiger partial charge in [0.05, 0.1) is 17.1 Å². The minimum atomic E-state index is 0.249. The van der Waals surface area contributed by atoms with Crippen molar-refractivity contribution in [2.45, 2.75) is 26.3 Å². The number of ether oxygens (including phenoxy) is 2. The van der Waals surface area contributed by atoms with E-state index in [2.05, 4.69) is 41.8 Å². The molecule has 0 spiro atoms. The molecule has 0 aliphatic carbocycles. The highest BCUT2D eigenvalue weighted by atomic mass is 16.7. The molecule has 3 aromatic carbocycles. The molecule has 5 rings (SSSR count). The van der Waals surface area contributed by atoms with Gasteiger partial charge in [0, 0.05) is 28.2 Å². The summed E-state index contributed by atoms with van der Waals surface area (Å²) in [5.41, 5.74) is 3.00. The van der Waals surface area contributed by atoms with Crippen molar-refractivity contribution in [3.8, 4) is 17.6 Å². The van der Waals surface area contributed by atoms with Crippen LogP contribution in [0.1, 0.15) is 25.3 Å². The van der Waals surface area contributed by atoms with E-state index >= 15 is 0 Å². The smallest absolute Gasteiger partial charge is 0.231 e. The number of unbranched alkanes of at least 4 members (excludes halogenated alkanes) is 1. The van der Waals surface area contributed by atoms with Crippen LogP contribution in [0.5, 0.6) is 11.5 Å². The van der Waals surface area contributed by atoms with E-state index in [1.54, 1.807) is 0 Å². The van der Waals surface area contributed by atoms with Gasteiger partial charge in [-0.05, 0) is 36.1 Å². The molecule has 2 heterocycles. The van der Waals surface area contributed by atoms with Crippen LogP contribution in [0, 0.1) is 11.3 Å². The SMILES string of the molecule is CCCCn1c2ccccc2c2c(C#N)cc3cc4c(cc3c21)OCO4. The second kappa shape index (κ2) is 5.67. The zero-order valence-electron chi connectivity index (χ0n) is 14.6. The third kappa shape index (κ3) is 2.01. The Bertz CT molecular complexity index is 1210. The highest BCUT2D eigenvalue weighted by molar-refractivity contribution is 6.20. The minimum absolute atomic E-state index is 0.249. The average molecular weight is 342 g/mol. The van der Waals surface area contributed by atoms with Gasteiger partial charge in [0.15, 0.2) is 11.5 Å². The number of para-hydroxylation sites is 1. The number of aryl methyl sites for hydroxylation is 1. The zero-order chi connectivity index (χ0) is 17.7. The van der Waals surface area contributed by atoms with Gasteiger partial charge in [-0.15, -0.1) is 0 Å². The van der Waals surface area contributed by atoms with E-state index in [-0.39, 0.29) is 6.79 Å². The van der Waals surface area contributed by atoms with Crippen LogP contribution in [-0.4, -0.2) is 11.4 Å². The first kappa shape index (κ1) is 15.1. The normalized spacial score (nSPS) is 12.9. The summed E-state index contributed by atoms with van der Waals surface area (Å²) in [6.07, 6.45) is 2.22. The standard InChI is InChI=1S/C22H18N2O2/c1-2-3-8-24-18-7-5-4-6-16(18)21-15(12-23)9-14-10-19-20(26-13-25-19)11-17(14)22(21)24/h4-7,9-11H,2-3,8,13H2,1H3. The first-order chi connectivity index (χ1) is 12.8. The molecule has 0 fully saturated rings. The topological polar surface area (TPSA) is 47.2 Å². The van der Waals surface area contributed by atoms with Gasteiger partial charge in [-0.3, -0.25) is 0 Å². The van der Waals surface area contributed by atoms with Crippen LogP contribution >= 0.6 is 0 Å². The van der Waals surface area contributed by atoms with Gasteiger partial charge in [0.2, 0.25) is 6.79 Å². The minimum Gasteiger partial charge on any atom is -0.454 e. The Hall–Kier alpha value is -3.19. The lowest BCUT2D eigenvalue weighted by Crippen LogP contribution is -1.98. The fraction of sp³-hybridized carbons (Fsp3) is 0.227. The molecule has 4 aromatic rings. The van der Waals surface area contributed by atoms with Gasteiger partial charge in [0.1, 0.15) is 0 Å². The second-order valence-corrected chi connectivity index (χ2v) is 6.71. The molecule has 0 amide bonds. The summed E-state index contributed by atoms with van der Waals surface area (Å²) in [5.74, 6) is 1.52. The Morgan fingerprint density at radius 3 is 2.69 bits per heavy atom. The number of rotatable bonds is 3. The Morgan fingerprint density at radius 1 is 1.08 bits per heavy atom. The van der Waals surface area contributed by atoms with Crippen molar-refractivity contribution in [1.82, 2.24) is 4.57 Å². The Morgan fingerprint density at radius 2 is 1.88 bits per heavy atom. The molecule has 1 aromatic heterocycles. The predicted molar refractivity (Wildman–Crippen MR) is 103 cm³/mol. The molecule has 0 bridgehead atoms. The van der Waals surface area contributed by atoms with Crippen molar-refractivity contribution in [2.75, 3.05) is 6.79 Å². The molecular weight excluding hydrogens is 324 g/mol. The largest absolute Gasteiger partial charge is 0.454 e. The van der Waals surface area contributed by atoms with E-state index < -0.39 is 0 Å². The van der Waals surface area contributed by atoms with Crippen LogP contribution in [-0.2, 0) is 6.54 Å². The van der Waals surface area contributed by atoms with Crippen molar-refractivity contribution in [2.24, 2.45) is 0 Å². The molecular formula is C22H18N2O2. The highest BCUT2D eigenvalue weighted by Gasteiger charge is 2.21. The van der Waals surface area contributed by atoms with Gasteiger partial charge in [-0.2, -0.15) is 5.26 Å². The summed E-state index contributed by atoms with van der Waals surface area (Å²) < 4.78 is 13.5. The molecule has 4 heteroatoms. The molecule has 4 nitrogen and oxygen atoms in total. The molecule has 0 radical (unpaired) electrons. The Labute approximate surface area is 151 Å². The summed E-state index contributed by atoms with van der Waals surface area (Å²) >= 11 is 0. The maximum atomic E-state index is 9.82. The molecule has 1 aliphatic rings. The van der Waals surface area contributed by atoms with Crippen LogP contribution in [0.25, 0.3) is 32.6 Å². The number of hydrogen-bond acceptors (Lipinski definition) is 3. The molecule has 1 aliphatic heterocycles. The number of nitrogens with zero attached hydrogens (tertiary/aromatic N) is 2. The molecule has 128 valence electrons. The van der Waals surface area contributed by atoms with E-state index in [0.717, 1.165) is 57.9 Å². The van der Waals surface area contributed by atoms with E-state index in [9.17, 15) is 5.26 Å². The van der Waals surface area contributed by atoms with E-state index in [0.29, 0.717) is 5.56 Å². The van der Waals surface area contributed by atoms with Crippen molar-refractivity contribution >= 4 is 32.6 Å². The van der Waals surface area contributed by atoms with Crippen LogP contribution in [0.3, 0.4) is 0 Å². The zero-order valence-corrected chi connectivity index (χ0v) is 14.6. The monoisotopic (exact) mass is 342 g/mol. The third-order valence-corrected chi connectivity index (χ3v) is 5.20. The van der Waals surface area contributed by atoms with Crippen molar-refractivity contribution in [1.29, 1.82) is 5.26 Å². The first-order valence-corrected chi connectivity index (χ1v) is 8.99. The number of fused-ring (bicyclic) bond motifs is 6. The van der Waals surface area contributed by atoms with E-state index in [4.69, 9.17) is 9.47 Å². The molecule has 0 N–H and O–H groups in total. The lowest BCUT2D eigenvalue weighted by atomic mass is 10.00. The van der Waals surface area contributed by atoms with Gasteiger partial charge in [0.25, 0.3) is 0 Å². The number of benzene rings is 3. The second-order valence-electron chi connectivity index (χ2n) is 6.71. The van der Waals surface area contributed by atoms with Gasteiger partial charge < -0.3 is 14.0 Å². The molecule has 0 saturated carbocycles. The fourth-order valence-corrected chi connectivity index (χ4v) is 4.00. The summed E-state index contributed by atoms with van der Waals surface area (Å²) in [6.45, 7) is 3.38. The van der Waals surface area contributed by atoms with Gasteiger partial charge in [-0.25, -0.2) is 0 Å².